The van der Waals surface area contributed by atoms with Crippen molar-refractivity contribution < 1.29 is 9.31 Å². The number of halogens is 1. The normalized spacial score (nSPS) is 14.8. The second kappa shape index (κ2) is 3.16. The van der Waals surface area contributed by atoms with Crippen molar-refractivity contribution in [1.82, 2.24) is 0 Å². The molecule has 1 aliphatic rings. The number of rotatable bonds is 1. The summed E-state index contributed by atoms with van der Waals surface area (Å²) in [6, 6.07) is 7.84. The average molecular weight is 276 g/mol. The summed E-state index contributed by atoms with van der Waals surface area (Å²) in [5.74, 6) is 1.79. The molecule has 0 N–H and O–H groups in total. The molecule has 0 spiro atoms. The first-order chi connectivity index (χ1) is 5.77. The second-order valence-electron chi connectivity index (χ2n) is 2.77. The molecule has 1 aromatic rings. The van der Waals surface area contributed by atoms with Gasteiger partial charge in [0.25, 0.3) is 0 Å². The van der Waals surface area contributed by atoms with Crippen LogP contribution in [0.25, 0.3) is 0 Å². The van der Waals surface area contributed by atoms with E-state index in [9.17, 15) is 0 Å². The molecule has 0 aliphatic carbocycles. The first-order valence-electron chi connectivity index (χ1n) is 3.68. The van der Waals surface area contributed by atoms with Crippen LogP contribution in [0.1, 0.15) is 0 Å². The fraction of sp³-hybridized carbons (Fsp3) is 0.250. The number of fused-ring (bicyclic) bond motifs is 1. The molecule has 2 nitrogen and oxygen atoms in total. The van der Waals surface area contributed by atoms with E-state index in [0.29, 0.717) is 0 Å². The molecular formula is C8H10BIO2. The summed E-state index contributed by atoms with van der Waals surface area (Å²) in [7, 11) is 0. The molecule has 4 heteroatoms. The molecule has 0 atom stereocenters. The Labute approximate surface area is 79.5 Å². The van der Waals surface area contributed by atoms with Gasteiger partial charge in [0.15, 0.2) is 0 Å². The van der Waals surface area contributed by atoms with Gasteiger partial charge in [-0.15, -0.1) is 0 Å². The van der Waals surface area contributed by atoms with Crippen LogP contribution in [0.2, 0.25) is 0 Å². The zero-order chi connectivity index (χ0) is 8.55. The molecule has 0 amide bonds. The molecule has 0 saturated carbocycles. The fourth-order valence-corrected chi connectivity index (χ4v) is 2.61. The van der Waals surface area contributed by atoms with Crippen LogP contribution < -0.4 is 9.31 Å². The van der Waals surface area contributed by atoms with Crippen molar-refractivity contribution in [1.29, 1.82) is 0 Å². The quantitative estimate of drug-likeness (QED) is 0.445. The minimum absolute atomic E-state index is 0.0478. The van der Waals surface area contributed by atoms with Gasteiger partial charge >= 0.3 is 79.5 Å². The maximum absolute atomic E-state index is 5.62. The predicted molar refractivity (Wildman–Crippen MR) is 59.3 cm³/mol. The molecule has 0 unspecified atom stereocenters. The third-order valence-electron chi connectivity index (χ3n) is 1.64. The number of para-hydroxylation sites is 2. The first kappa shape index (κ1) is 8.22. The number of hydrogen-bond donors (Lipinski definition) is 0. The Morgan fingerprint density at radius 3 is 2.00 bits per heavy atom. The molecule has 0 saturated heterocycles. The van der Waals surface area contributed by atoms with Gasteiger partial charge in [-0.2, -0.15) is 0 Å². The van der Waals surface area contributed by atoms with Crippen molar-refractivity contribution in [3.8, 4) is 11.5 Å². The van der Waals surface area contributed by atoms with Gasteiger partial charge in [0.2, 0.25) is 0 Å². The summed E-state index contributed by atoms with van der Waals surface area (Å²) in [6.45, 7) is 0. The summed E-state index contributed by atoms with van der Waals surface area (Å²) >= 11 is -1.01. The summed E-state index contributed by atoms with van der Waals surface area (Å²) in [5.41, 5.74) is 0. The van der Waals surface area contributed by atoms with E-state index in [-0.39, 0.29) is 4.97 Å². The van der Waals surface area contributed by atoms with E-state index < -0.39 is 19.6 Å². The van der Waals surface area contributed by atoms with Crippen LogP contribution >= 0.6 is 19.6 Å². The zero-order valence-corrected chi connectivity index (χ0v) is 9.24. The van der Waals surface area contributed by atoms with Gasteiger partial charge in [0.1, 0.15) is 0 Å². The Hall–Kier alpha value is -0.385. The van der Waals surface area contributed by atoms with Crippen molar-refractivity contribution in [2.75, 3.05) is 9.86 Å². The van der Waals surface area contributed by atoms with Crippen molar-refractivity contribution in [3.63, 3.8) is 0 Å². The fourth-order valence-electron chi connectivity index (χ4n) is 1.05. The Morgan fingerprint density at radius 1 is 1.08 bits per heavy atom. The van der Waals surface area contributed by atoms with Crippen molar-refractivity contribution in [3.05, 3.63) is 24.3 Å². The van der Waals surface area contributed by atoms with E-state index in [2.05, 4.69) is 9.86 Å². The molecular weight excluding hydrogens is 266 g/mol. The van der Waals surface area contributed by atoms with Gasteiger partial charge in [-0.05, 0) is 0 Å². The van der Waals surface area contributed by atoms with E-state index in [1.54, 1.807) is 0 Å². The van der Waals surface area contributed by atoms with Crippen LogP contribution in [0.4, 0.5) is 0 Å². The van der Waals surface area contributed by atoms with Gasteiger partial charge in [0, 0.05) is 0 Å². The first-order valence-corrected chi connectivity index (χ1v) is 9.24. The van der Waals surface area contributed by atoms with Gasteiger partial charge < -0.3 is 0 Å². The van der Waals surface area contributed by atoms with Crippen molar-refractivity contribution in [2.45, 2.75) is 0 Å². The second-order valence-corrected chi connectivity index (χ2v) is 8.44. The van der Waals surface area contributed by atoms with Crippen LogP contribution in [0.3, 0.4) is 0 Å². The van der Waals surface area contributed by atoms with E-state index in [1.807, 2.05) is 24.3 Å². The Morgan fingerprint density at radius 2 is 1.58 bits per heavy atom. The molecule has 1 heterocycles. The van der Waals surface area contributed by atoms with Crippen LogP contribution in [-0.4, -0.2) is 14.8 Å². The molecule has 1 aromatic carbocycles. The number of alkyl halides is 2. The molecule has 1 aliphatic heterocycles. The van der Waals surface area contributed by atoms with Gasteiger partial charge in [-0.1, -0.05) is 0 Å². The molecule has 2 rings (SSSR count). The number of hydrogen-bond acceptors (Lipinski definition) is 2. The SMILES string of the molecule is CI(C)B1Oc2ccccc2O1. The molecule has 0 bridgehead atoms. The molecule has 0 fully saturated rings. The maximum atomic E-state index is 5.62. The zero-order valence-electron chi connectivity index (χ0n) is 7.08. The monoisotopic (exact) mass is 276 g/mol. The Kier molecular flexibility index (Phi) is 2.17. The van der Waals surface area contributed by atoms with E-state index in [4.69, 9.17) is 9.31 Å². The van der Waals surface area contributed by atoms with E-state index >= 15 is 0 Å². The van der Waals surface area contributed by atoms with Gasteiger partial charge in [0.05, 0.1) is 0 Å². The standard InChI is InChI=1S/C8H10BIO2/c1-10(2)9-11-7-5-3-4-6-8(7)12-9/h3-6H,1-2H3. The van der Waals surface area contributed by atoms with E-state index in [1.165, 1.54) is 0 Å². The summed E-state index contributed by atoms with van der Waals surface area (Å²) in [5, 5.41) is 0. The third-order valence-corrected chi connectivity index (χ3v) is 4.19. The minimum atomic E-state index is -1.01. The van der Waals surface area contributed by atoms with Crippen molar-refractivity contribution >= 4 is 24.6 Å². The molecule has 0 radical (unpaired) electrons. The van der Waals surface area contributed by atoms with Crippen LogP contribution in [0, 0.1) is 0 Å². The summed E-state index contributed by atoms with van der Waals surface area (Å²) in [4.78, 5) is 4.52. The van der Waals surface area contributed by atoms with Crippen molar-refractivity contribution in [2.24, 2.45) is 0 Å². The van der Waals surface area contributed by atoms with E-state index in [0.717, 1.165) is 11.5 Å². The summed E-state index contributed by atoms with van der Waals surface area (Å²) < 4.78 is 11.2. The third kappa shape index (κ3) is 1.40. The van der Waals surface area contributed by atoms with Crippen LogP contribution in [0.5, 0.6) is 11.5 Å². The average Bonchev–Trinajstić information content (AvgIpc) is 2.46. The van der Waals surface area contributed by atoms with Crippen LogP contribution in [0.15, 0.2) is 24.3 Å². The summed E-state index contributed by atoms with van der Waals surface area (Å²) in [6.07, 6.45) is 0. The number of benzene rings is 1. The predicted octanol–water partition coefficient (Wildman–Crippen LogP) is 2.21. The molecule has 12 heavy (non-hydrogen) atoms. The van der Waals surface area contributed by atoms with Gasteiger partial charge in [-0.3, -0.25) is 0 Å². The topological polar surface area (TPSA) is 18.5 Å². The molecule has 0 aromatic heterocycles. The Balaban J connectivity index is 2.22. The molecule has 64 valence electrons. The Bertz CT molecular complexity index is 265. The van der Waals surface area contributed by atoms with Gasteiger partial charge in [-0.25, -0.2) is 0 Å². The van der Waals surface area contributed by atoms with Crippen LogP contribution in [-0.2, 0) is 0 Å².